The van der Waals surface area contributed by atoms with Crippen LogP contribution in [-0.2, 0) is 4.74 Å². The molecule has 0 fully saturated rings. The van der Waals surface area contributed by atoms with Gasteiger partial charge in [0.15, 0.2) is 0 Å². The average molecular weight is 223 g/mol. The summed E-state index contributed by atoms with van der Waals surface area (Å²) in [7, 11) is 1.35. The smallest absolute Gasteiger partial charge is 0.414 e. The van der Waals surface area contributed by atoms with Crippen LogP contribution in [0.2, 0.25) is 0 Å². The monoisotopic (exact) mass is 223 g/mol. The second-order valence-corrected chi connectivity index (χ2v) is 4.49. The van der Waals surface area contributed by atoms with Crippen LogP contribution in [0.25, 0.3) is 0 Å². The minimum atomic E-state index is -0.418. The molecule has 1 amide bonds. The van der Waals surface area contributed by atoms with Gasteiger partial charge in [-0.1, -0.05) is 0 Å². The molecule has 4 nitrogen and oxygen atoms in total. The van der Waals surface area contributed by atoms with Gasteiger partial charge in [-0.3, -0.25) is 4.90 Å². The fraction of sp³-hybridized carbons (Fsp3) is 0.417. The van der Waals surface area contributed by atoms with Crippen molar-refractivity contribution in [1.82, 2.24) is 0 Å². The van der Waals surface area contributed by atoms with Crippen LogP contribution < -0.4 is 4.90 Å². The van der Waals surface area contributed by atoms with Gasteiger partial charge < -0.3 is 9.84 Å². The van der Waals surface area contributed by atoms with Crippen LogP contribution in [-0.4, -0.2) is 23.8 Å². The first-order valence-corrected chi connectivity index (χ1v) is 5.03. The second-order valence-electron chi connectivity index (χ2n) is 4.49. The minimum absolute atomic E-state index is 0.169. The Hall–Kier alpha value is -1.71. The summed E-state index contributed by atoms with van der Waals surface area (Å²) in [5.41, 5.74) is 0.307. The van der Waals surface area contributed by atoms with Crippen molar-refractivity contribution in [1.29, 1.82) is 0 Å². The lowest BCUT2D eigenvalue weighted by Gasteiger charge is -2.34. The zero-order chi connectivity index (χ0) is 12.3. The Morgan fingerprint density at radius 2 is 1.75 bits per heavy atom. The van der Waals surface area contributed by atoms with Crippen LogP contribution >= 0.6 is 0 Å². The molecule has 0 aromatic heterocycles. The van der Waals surface area contributed by atoms with Gasteiger partial charge >= 0.3 is 6.09 Å². The number of hydrogen-bond acceptors (Lipinski definition) is 3. The fourth-order valence-corrected chi connectivity index (χ4v) is 1.46. The quantitative estimate of drug-likeness (QED) is 0.796. The third kappa shape index (κ3) is 2.66. The van der Waals surface area contributed by atoms with Crippen LogP contribution in [0.15, 0.2) is 24.3 Å². The van der Waals surface area contributed by atoms with Gasteiger partial charge in [0.05, 0.1) is 7.11 Å². The maximum absolute atomic E-state index is 11.7. The Morgan fingerprint density at radius 3 is 2.12 bits per heavy atom. The maximum Gasteiger partial charge on any atom is 0.414 e. The predicted octanol–water partition coefficient (Wildman–Crippen LogP) is 2.76. The number of nitrogens with zero attached hydrogens (tertiary/aromatic N) is 1. The number of hydrogen-bond donors (Lipinski definition) is 1. The summed E-state index contributed by atoms with van der Waals surface area (Å²) >= 11 is 0. The molecular weight excluding hydrogens is 206 g/mol. The number of aromatic hydroxyl groups is 1. The van der Waals surface area contributed by atoms with E-state index < -0.39 is 6.09 Å². The SMILES string of the molecule is COC(=O)N(c1ccc(O)cc1)C(C)(C)C. The molecule has 1 aromatic carbocycles. The normalized spacial score (nSPS) is 11.0. The lowest BCUT2D eigenvalue weighted by atomic mass is 10.1. The third-order valence-corrected chi connectivity index (χ3v) is 2.14. The zero-order valence-corrected chi connectivity index (χ0v) is 10.0. The van der Waals surface area contributed by atoms with E-state index in [2.05, 4.69) is 0 Å². The van der Waals surface area contributed by atoms with Gasteiger partial charge in [0.2, 0.25) is 0 Å². The molecule has 0 saturated heterocycles. The van der Waals surface area contributed by atoms with Gasteiger partial charge in [0.1, 0.15) is 5.75 Å². The summed E-state index contributed by atoms with van der Waals surface area (Å²) in [6.07, 6.45) is -0.418. The summed E-state index contributed by atoms with van der Waals surface area (Å²) < 4.78 is 4.75. The number of ether oxygens (including phenoxy) is 1. The highest BCUT2D eigenvalue weighted by Gasteiger charge is 2.28. The van der Waals surface area contributed by atoms with Crippen molar-refractivity contribution in [3.05, 3.63) is 24.3 Å². The molecule has 0 aliphatic heterocycles. The minimum Gasteiger partial charge on any atom is -0.508 e. The number of benzene rings is 1. The predicted molar refractivity (Wildman–Crippen MR) is 62.7 cm³/mol. The summed E-state index contributed by atoms with van der Waals surface area (Å²) in [6.45, 7) is 5.74. The van der Waals surface area contributed by atoms with Crippen molar-refractivity contribution < 1.29 is 14.6 Å². The standard InChI is InChI=1S/C12H17NO3/c1-12(2,3)13(11(15)16-4)9-5-7-10(14)8-6-9/h5-8,14H,1-4H3. The van der Waals surface area contributed by atoms with Crippen LogP contribution in [0.3, 0.4) is 0 Å². The molecule has 1 aromatic rings. The van der Waals surface area contributed by atoms with Gasteiger partial charge in [0.25, 0.3) is 0 Å². The topological polar surface area (TPSA) is 49.8 Å². The number of phenols is 1. The molecule has 0 bridgehead atoms. The van der Waals surface area contributed by atoms with Gasteiger partial charge in [0, 0.05) is 11.2 Å². The third-order valence-electron chi connectivity index (χ3n) is 2.14. The molecule has 0 atom stereocenters. The first kappa shape index (κ1) is 12.4. The number of carbonyl (C=O) groups is 1. The van der Waals surface area contributed by atoms with Crippen molar-refractivity contribution >= 4 is 11.8 Å². The van der Waals surface area contributed by atoms with E-state index in [1.54, 1.807) is 12.1 Å². The Morgan fingerprint density at radius 1 is 1.25 bits per heavy atom. The number of amides is 1. The molecular formula is C12H17NO3. The van der Waals surface area contributed by atoms with E-state index >= 15 is 0 Å². The molecule has 1 rings (SSSR count). The summed E-state index contributed by atoms with van der Waals surface area (Å²) in [6, 6.07) is 6.43. The summed E-state index contributed by atoms with van der Waals surface area (Å²) in [5, 5.41) is 9.20. The highest BCUT2D eigenvalue weighted by atomic mass is 16.5. The molecule has 0 unspecified atom stereocenters. The van der Waals surface area contributed by atoms with Gasteiger partial charge in [-0.25, -0.2) is 4.79 Å². The van der Waals surface area contributed by atoms with Crippen molar-refractivity contribution in [3.63, 3.8) is 0 Å². The number of anilines is 1. The maximum atomic E-state index is 11.7. The Labute approximate surface area is 95.5 Å². The van der Waals surface area contributed by atoms with E-state index in [1.165, 1.54) is 24.1 Å². The van der Waals surface area contributed by atoms with Crippen LogP contribution in [0.4, 0.5) is 10.5 Å². The molecule has 0 aliphatic carbocycles. The van der Waals surface area contributed by atoms with E-state index in [9.17, 15) is 9.90 Å². The largest absolute Gasteiger partial charge is 0.508 e. The van der Waals surface area contributed by atoms with E-state index in [1.807, 2.05) is 20.8 Å². The molecule has 0 saturated carbocycles. The molecule has 4 heteroatoms. The van der Waals surface area contributed by atoms with Crippen LogP contribution in [0, 0.1) is 0 Å². The van der Waals surface area contributed by atoms with E-state index in [0.29, 0.717) is 5.69 Å². The fourth-order valence-electron chi connectivity index (χ4n) is 1.46. The van der Waals surface area contributed by atoms with Crippen molar-refractivity contribution in [3.8, 4) is 5.75 Å². The number of phenolic OH excluding ortho intramolecular Hbond substituents is 1. The van der Waals surface area contributed by atoms with Crippen LogP contribution in [0.1, 0.15) is 20.8 Å². The van der Waals surface area contributed by atoms with Crippen LogP contribution in [0.5, 0.6) is 5.75 Å². The lowest BCUT2D eigenvalue weighted by Crippen LogP contribution is -2.45. The first-order chi connectivity index (χ1) is 7.36. The number of methoxy groups -OCH3 is 1. The van der Waals surface area contributed by atoms with E-state index in [0.717, 1.165) is 0 Å². The van der Waals surface area contributed by atoms with E-state index in [4.69, 9.17) is 4.74 Å². The van der Waals surface area contributed by atoms with Crippen molar-refractivity contribution in [2.45, 2.75) is 26.3 Å². The van der Waals surface area contributed by atoms with Gasteiger partial charge in [-0.2, -0.15) is 0 Å². The van der Waals surface area contributed by atoms with E-state index in [-0.39, 0.29) is 11.3 Å². The summed E-state index contributed by atoms with van der Waals surface area (Å²) in [5.74, 6) is 0.169. The van der Waals surface area contributed by atoms with Gasteiger partial charge in [-0.05, 0) is 45.0 Å². The zero-order valence-electron chi connectivity index (χ0n) is 10.0. The number of carbonyl (C=O) groups excluding carboxylic acids is 1. The number of rotatable bonds is 1. The molecule has 16 heavy (non-hydrogen) atoms. The highest BCUT2D eigenvalue weighted by molar-refractivity contribution is 5.89. The Kier molecular flexibility index (Phi) is 3.42. The average Bonchev–Trinajstić information content (AvgIpc) is 2.19. The molecule has 88 valence electrons. The molecule has 0 radical (unpaired) electrons. The first-order valence-electron chi connectivity index (χ1n) is 5.03. The Balaban J connectivity index is 3.11. The molecule has 0 aliphatic rings. The molecule has 0 spiro atoms. The van der Waals surface area contributed by atoms with Crippen molar-refractivity contribution in [2.24, 2.45) is 0 Å². The highest BCUT2D eigenvalue weighted by Crippen LogP contribution is 2.26. The second kappa shape index (κ2) is 4.43. The lowest BCUT2D eigenvalue weighted by molar-refractivity contribution is 0.172. The van der Waals surface area contributed by atoms with Gasteiger partial charge in [-0.15, -0.1) is 0 Å². The van der Waals surface area contributed by atoms with Crippen molar-refractivity contribution in [2.75, 3.05) is 12.0 Å². The molecule has 1 N–H and O–H groups in total. The summed E-state index contributed by atoms with van der Waals surface area (Å²) in [4.78, 5) is 13.2. The molecule has 0 heterocycles. The Bertz CT molecular complexity index is 365.